The van der Waals surface area contributed by atoms with Crippen LogP contribution in [-0.4, -0.2) is 54.9 Å². The predicted octanol–water partition coefficient (Wildman–Crippen LogP) is 2.42. The molecule has 2 atom stereocenters. The summed E-state index contributed by atoms with van der Waals surface area (Å²) in [7, 11) is 0. The van der Waals surface area contributed by atoms with Crippen LogP contribution in [0.5, 0.6) is 0 Å². The molecule has 0 unspecified atom stereocenters. The second kappa shape index (κ2) is 8.49. The maximum absolute atomic E-state index is 12.0. The molecule has 1 aromatic rings. The van der Waals surface area contributed by atoms with Crippen molar-refractivity contribution in [3.63, 3.8) is 0 Å². The van der Waals surface area contributed by atoms with E-state index in [1.165, 1.54) is 5.56 Å². The van der Waals surface area contributed by atoms with Crippen LogP contribution in [0.4, 0.5) is 4.79 Å². The molecule has 0 saturated carbocycles. The van der Waals surface area contributed by atoms with Crippen molar-refractivity contribution >= 4 is 6.03 Å². The van der Waals surface area contributed by atoms with Crippen molar-refractivity contribution in [3.8, 4) is 0 Å². The number of nitrogens with one attached hydrogen (secondary N) is 2. The molecule has 1 fully saturated rings. The molecule has 0 bridgehead atoms. The molecule has 0 spiro atoms. The zero-order valence-electron chi connectivity index (χ0n) is 15.3. The minimum absolute atomic E-state index is 0.0942. The van der Waals surface area contributed by atoms with Gasteiger partial charge in [0.1, 0.15) is 0 Å². The molecule has 5 heteroatoms. The Bertz CT molecular complexity index is 509. The second-order valence-corrected chi connectivity index (χ2v) is 7.32. The Morgan fingerprint density at radius 3 is 2.42 bits per heavy atom. The molecule has 1 aromatic carbocycles. The maximum Gasteiger partial charge on any atom is 0.314 e. The van der Waals surface area contributed by atoms with E-state index in [1.807, 2.05) is 18.2 Å². The van der Waals surface area contributed by atoms with Crippen molar-refractivity contribution < 1.29 is 9.53 Å². The lowest BCUT2D eigenvalue weighted by molar-refractivity contribution is -0.0947. The van der Waals surface area contributed by atoms with Crippen LogP contribution < -0.4 is 10.6 Å². The lowest BCUT2D eigenvalue weighted by atomic mass is 10.00. The topological polar surface area (TPSA) is 53.6 Å². The van der Waals surface area contributed by atoms with Gasteiger partial charge < -0.3 is 15.4 Å². The number of rotatable bonds is 6. The van der Waals surface area contributed by atoms with Crippen LogP contribution in [-0.2, 0) is 11.2 Å². The summed E-state index contributed by atoms with van der Waals surface area (Å²) in [6, 6.07) is 10.1. The molecule has 134 valence electrons. The summed E-state index contributed by atoms with van der Waals surface area (Å²) in [6.07, 6.45) is 1.30. The molecule has 0 radical (unpaired) electrons. The number of urea groups is 1. The van der Waals surface area contributed by atoms with E-state index in [4.69, 9.17) is 4.74 Å². The lowest BCUT2D eigenvalue weighted by Crippen LogP contribution is -2.59. The van der Waals surface area contributed by atoms with Crippen LogP contribution in [0.1, 0.15) is 33.3 Å². The van der Waals surface area contributed by atoms with Gasteiger partial charge >= 0.3 is 6.03 Å². The number of ether oxygens (including phenoxy) is 1. The van der Waals surface area contributed by atoms with Crippen molar-refractivity contribution in [1.29, 1.82) is 0 Å². The first-order chi connectivity index (χ1) is 11.4. The molecule has 0 aliphatic carbocycles. The van der Waals surface area contributed by atoms with Crippen LogP contribution in [0.3, 0.4) is 0 Å². The van der Waals surface area contributed by atoms with Gasteiger partial charge in [-0.05, 0) is 39.7 Å². The van der Waals surface area contributed by atoms with Gasteiger partial charge in [-0.2, -0.15) is 0 Å². The summed E-state index contributed by atoms with van der Waals surface area (Å²) >= 11 is 0. The van der Waals surface area contributed by atoms with Gasteiger partial charge in [0.25, 0.3) is 0 Å². The Kier molecular flexibility index (Phi) is 6.63. The largest absolute Gasteiger partial charge is 0.373 e. The first-order valence-corrected chi connectivity index (χ1v) is 8.83. The van der Waals surface area contributed by atoms with Gasteiger partial charge in [-0.3, -0.25) is 4.90 Å². The normalized spacial score (nSPS) is 22.2. The van der Waals surface area contributed by atoms with E-state index in [0.717, 1.165) is 19.5 Å². The summed E-state index contributed by atoms with van der Waals surface area (Å²) in [5.41, 5.74) is 1.14. The molecule has 2 N–H and O–H groups in total. The Morgan fingerprint density at radius 2 is 1.79 bits per heavy atom. The zero-order chi connectivity index (χ0) is 17.6. The molecule has 2 rings (SSSR count). The maximum atomic E-state index is 12.0. The number of nitrogens with zero attached hydrogens (tertiary/aromatic N) is 1. The summed E-state index contributed by atoms with van der Waals surface area (Å²) in [6.45, 7) is 11.6. The van der Waals surface area contributed by atoms with Gasteiger partial charge in [0, 0.05) is 31.7 Å². The van der Waals surface area contributed by atoms with E-state index in [9.17, 15) is 4.79 Å². The fourth-order valence-corrected chi connectivity index (χ4v) is 3.11. The Hall–Kier alpha value is -1.59. The van der Waals surface area contributed by atoms with E-state index in [-0.39, 0.29) is 23.8 Å². The first-order valence-electron chi connectivity index (χ1n) is 8.83. The van der Waals surface area contributed by atoms with E-state index in [1.54, 1.807) is 0 Å². The van der Waals surface area contributed by atoms with E-state index in [0.29, 0.717) is 13.1 Å². The highest BCUT2D eigenvalue weighted by Gasteiger charge is 2.33. The van der Waals surface area contributed by atoms with Crippen LogP contribution in [0, 0.1) is 0 Å². The summed E-state index contributed by atoms with van der Waals surface area (Å²) in [5, 5.41) is 5.93. The molecule has 5 nitrogen and oxygen atoms in total. The van der Waals surface area contributed by atoms with Crippen molar-refractivity contribution in [2.45, 2.75) is 51.9 Å². The molecule has 1 aliphatic rings. The highest BCUT2D eigenvalue weighted by Crippen LogP contribution is 2.20. The minimum Gasteiger partial charge on any atom is -0.373 e. The molecule has 1 saturated heterocycles. The number of benzene rings is 1. The van der Waals surface area contributed by atoms with Crippen molar-refractivity contribution in [1.82, 2.24) is 15.5 Å². The SMILES string of the molecule is C[C@H]1CN(C(C)(C)CNC(=O)NCCc2ccccc2)C[C@H](C)O1. The number of hydrogen-bond donors (Lipinski definition) is 2. The third-order valence-electron chi connectivity index (χ3n) is 4.50. The van der Waals surface area contributed by atoms with E-state index >= 15 is 0 Å². The standard InChI is InChI=1S/C19H31N3O2/c1-15-12-22(13-16(2)24-15)19(3,4)14-21-18(23)20-11-10-17-8-6-5-7-9-17/h5-9,15-16H,10-14H2,1-4H3,(H2,20,21,23)/t15-,16-/m0/s1. The number of carbonyl (C=O) groups is 1. The van der Waals surface area contributed by atoms with Crippen molar-refractivity contribution in [2.75, 3.05) is 26.2 Å². The van der Waals surface area contributed by atoms with Gasteiger partial charge in [-0.25, -0.2) is 4.79 Å². The highest BCUT2D eigenvalue weighted by molar-refractivity contribution is 5.73. The Morgan fingerprint density at radius 1 is 1.17 bits per heavy atom. The number of carbonyl (C=O) groups excluding carboxylic acids is 1. The second-order valence-electron chi connectivity index (χ2n) is 7.32. The monoisotopic (exact) mass is 333 g/mol. The number of morpholine rings is 1. The minimum atomic E-state index is -0.103. The van der Waals surface area contributed by atoms with E-state index < -0.39 is 0 Å². The summed E-state index contributed by atoms with van der Waals surface area (Å²) < 4.78 is 5.79. The number of hydrogen-bond acceptors (Lipinski definition) is 3. The van der Waals surface area contributed by atoms with Gasteiger partial charge in [0.15, 0.2) is 0 Å². The number of amides is 2. The van der Waals surface area contributed by atoms with Gasteiger partial charge in [-0.1, -0.05) is 30.3 Å². The van der Waals surface area contributed by atoms with Gasteiger partial charge in [0.05, 0.1) is 12.2 Å². The van der Waals surface area contributed by atoms with Gasteiger partial charge in [-0.15, -0.1) is 0 Å². The summed E-state index contributed by atoms with van der Waals surface area (Å²) in [5.74, 6) is 0. The molecule has 2 amide bonds. The molecule has 0 aromatic heterocycles. The Labute approximate surface area is 145 Å². The quantitative estimate of drug-likeness (QED) is 0.841. The van der Waals surface area contributed by atoms with Crippen LogP contribution in [0.25, 0.3) is 0 Å². The average molecular weight is 333 g/mol. The molecule has 1 aliphatic heterocycles. The fraction of sp³-hybridized carbons (Fsp3) is 0.632. The molecule has 1 heterocycles. The van der Waals surface area contributed by atoms with Crippen LogP contribution in [0.15, 0.2) is 30.3 Å². The fourth-order valence-electron chi connectivity index (χ4n) is 3.11. The van der Waals surface area contributed by atoms with Gasteiger partial charge in [0.2, 0.25) is 0 Å². The third kappa shape index (κ3) is 5.80. The van der Waals surface area contributed by atoms with Crippen LogP contribution >= 0.6 is 0 Å². The zero-order valence-corrected chi connectivity index (χ0v) is 15.3. The molecular formula is C19H31N3O2. The smallest absolute Gasteiger partial charge is 0.314 e. The Balaban J connectivity index is 1.71. The first kappa shape index (κ1) is 18.7. The van der Waals surface area contributed by atoms with Crippen molar-refractivity contribution in [2.24, 2.45) is 0 Å². The van der Waals surface area contributed by atoms with Crippen LogP contribution in [0.2, 0.25) is 0 Å². The average Bonchev–Trinajstić information content (AvgIpc) is 2.53. The third-order valence-corrected chi connectivity index (χ3v) is 4.50. The van der Waals surface area contributed by atoms with E-state index in [2.05, 4.69) is 55.4 Å². The van der Waals surface area contributed by atoms with Crippen molar-refractivity contribution in [3.05, 3.63) is 35.9 Å². The predicted molar refractivity (Wildman–Crippen MR) is 97.2 cm³/mol. The highest BCUT2D eigenvalue weighted by atomic mass is 16.5. The lowest BCUT2D eigenvalue weighted by Gasteiger charge is -2.45. The molecule has 24 heavy (non-hydrogen) atoms. The molecular weight excluding hydrogens is 302 g/mol. The summed E-state index contributed by atoms with van der Waals surface area (Å²) in [4.78, 5) is 14.4.